The number of aromatic hydroxyl groups is 2. The molecule has 2 heteroatoms. The van der Waals surface area contributed by atoms with Crippen molar-refractivity contribution < 1.29 is 10.2 Å². The molecule has 0 aromatic heterocycles. The van der Waals surface area contributed by atoms with Gasteiger partial charge in [0.2, 0.25) is 0 Å². The minimum atomic E-state index is 0.360. The zero-order valence-corrected chi connectivity index (χ0v) is 16.9. The van der Waals surface area contributed by atoms with Gasteiger partial charge in [-0.1, -0.05) is 77.6 Å². The molecule has 0 atom stereocenters. The minimum Gasteiger partial charge on any atom is -0.507 e. The maximum absolute atomic E-state index is 11.1. The van der Waals surface area contributed by atoms with Crippen molar-refractivity contribution in [1.29, 1.82) is 0 Å². The summed E-state index contributed by atoms with van der Waals surface area (Å²) in [4.78, 5) is 0. The zero-order chi connectivity index (χ0) is 19.1. The van der Waals surface area contributed by atoms with Crippen molar-refractivity contribution in [3.05, 3.63) is 46.5 Å². The van der Waals surface area contributed by atoms with Gasteiger partial charge in [-0.3, -0.25) is 0 Å². The molecular formula is C24H34O2. The highest BCUT2D eigenvalue weighted by atomic mass is 16.3. The normalized spacial score (nSPS) is 11.1. The van der Waals surface area contributed by atoms with Crippen molar-refractivity contribution in [2.24, 2.45) is 0 Å². The van der Waals surface area contributed by atoms with E-state index in [0.717, 1.165) is 84.7 Å². The highest BCUT2D eigenvalue weighted by molar-refractivity contribution is 5.83. The first-order valence-electron chi connectivity index (χ1n) is 10.3. The summed E-state index contributed by atoms with van der Waals surface area (Å²) in [6.45, 7) is 8.56. The summed E-state index contributed by atoms with van der Waals surface area (Å²) in [7, 11) is 0. The van der Waals surface area contributed by atoms with Gasteiger partial charge in [0, 0.05) is 11.1 Å². The third-order valence-corrected chi connectivity index (χ3v) is 5.02. The third kappa shape index (κ3) is 4.23. The van der Waals surface area contributed by atoms with Gasteiger partial charge in [0.1, 0.15) is 11.5 Å². The molecular weight excluding hydrogens is 320 g/mol. The fourth-order valence-corrected chi connectivity index (χ4v) is 3.81. The van der Waals surface area contributed by atoms with Crippen LogP contribution in [0.3, 0.4) is 0 Å². The second-order valence-electron chi connectivity index (χ2n) is 7.21. The molecule has 0 saturated carbocycles. The van der Waals surface area contributed by atoms with Crippen LogP contribution in [0.1, 0.15) is 75.6 Å². The molecule has 0 heterocycles. The van der Waals surface area contributed by atoms with Crippen LogP contribution in [0.5, 0.6) is 11.5 Å². The lowest BCUT2D eigenvalue weighted by Gasteiger charge is -2.20. The van der Waals surface area contributed by atoms with Crippen LogP contribution in [-0.4, -0.2) is 10.2 Å². The summed E-state index contributed by atoms with van der Waals surface area (Å²) in [5.74, 6) is 0.721. The van der Waals surface area contributed by atoms with Crippen molar-refractivity contribution in [2.45, 2.75) is 79.1 Å². The molecule has 0 bridgehead atoms. The summed E-state index contributed by atoms with van der Waals surface area (Å²) >= 11 is 0. The largest absolute Gasteiger partial charge is 0.507 e. The van der Waals surface area contributed by atoms with Crippen LogP contribution >= 0.6 is 0 Å². The zero-order valence-electron chi connectivity index (χ0n) is 16.9. The lowest BCUT2D eigenvalue weighted by molar-refractivity contribution is 0.460. The number of phenolic OH excluding ortho intramolecular Hbond substituents is 2. The topological polar surface area (TPSA) is 40.5 Å². The number of hydrogen-bond acceptors (Lipinski definition) is 2. The van der Waals surface area contributed by atoms with Crippen molar-refractivity contribution in [1.82, 2.24) is 0 Å². The molecule has 0 aliphatic heterocycles. The maximum atomic E-state index is 11.1. The first kappa shape index (κ1) is 20.4. The first-order valence-corrected chi connectivity index (χ1v) is 10.3. The summed E-state index contributed by atoms with van der Waals surface area (Å²) in [6.07, 6.45) is 7.51. The van der Waals surface area contributed by atoms with E-state index in [1.165, 1.54) is 0 Å². The average molecular weight is 355 g/mol. The van der Waals surface area contributed by atoms with E-state index in [0.29, 0.717) is 11.5 Å². The van der Waals surface area contributed by atoms with Gasteiger partial charge in [-0.05, 0) is 47.9 Å². The van der Waals surface area contributed by atoms with E-state index >= 15 is 0 Å². The summed E-state index contributed by atoms with van der Waals surface area (Å²) in [5.41, 5.74) is 5.93. The van der Waals surface area contributed by atoms with Crippen molar-refractivity contribution in [2.75, 3.05) is 0 Å². The molecule has 0 saturated heterocycles. The average Bonchev–Trinajstić information content (AvgIpc) is 2.62. The van der Waals surface area contributed by atoms with Crippen LogP contribution in [0.15, 0.2) is 24.3 Å². The molecule has 142 valence electrons. The molecule has 0 fully saturated rings. The van der Waals surface area contributed by atoms with E-state index in [-0.39, 0.29) is 0 Å². The van der Waals surface area contributed by atoms with E-state index in [2.05, 4.69) is 52.0 Å². The molecule has 2 aromatic rings. The highest BCUT2D eigenvalue weighted by Gasteiger charge is 2.21. The third-order valence-electron chi connectivity index (χ3n) is 5.02. The summed E-state index contributed by atoms with van der Waals surface area (Å²) < 4.78 is 0. The van der Waals surface area contributed by atoms with E-state index < -0.39 is 0 Å². The van der Waals surface area contributed by atoms with Crippen LogP contribution in [0.2, 0.25) is 0 Å². The van der Waals surface area contributed by atoms with Crippen molar-refractivity contribution >= 4 is 0 Å². The number of phenols is 2. The predicted octanol–water partition coefficient (Wildman–Crippen LogP) is 6.57. The van der Waals surface area contributed by atoms with Gasteiger partial charge in [-0.2, -0.15) is 0 Å². The van der Waals surface area contributed by atoms with Crippen LogP contribution in [0, 0.1) is 0 Å². The Labute approximate surface area is 158 Å². The first-order chi connectivity index (χ1) is 12.6. The number of benzene rings is 2. The Morgan fingerprint density at radius 2 is 0.769 bits per heavy atom. The lowest BCUT2D eigenvalue weighted by atomic mass is 9.86. The van der Waals surface area contributed by atoms with Crippen LogP contribution in [-0.2, 0) is 25.7 Å². The van der Waals surface area contributed by atoms with Gasteiger partial charge in [0.25, 0.3) is 0 Å². The summed E-state index contributed by atoms with van der Waals surface area (Å²) in [6, 6.07) is 8.40. The smallest absolute Gasteiger partial charge is 0.127 e. The van der Waals surface area contributed by atoms with E-state index in [9.17, 15) is 10.2 Å². The van der Waals surface area contributed by atoms with Crippen LogP contribution < -0.4 is 0 Å². The van der Waals surface area contributed by atoms with Gasteiger partial charge in [-0.15, -0.1) is 0 Å². The molecule has 0 spiro atoms. The van der Waals surface area contributed by atoms with Gasteiger partial charge < -0.3 is 10.2 Å². The molecule has 0 radical (unpaired) electrons. The van der Waals surface area contributed by atoms with Gasteiger partial charge in [-0.25, -0.2) is 0 Å². The Balaban J connectivity index is 2.78. The molecule has 2 N–H and O–H groups in total. The SMILES string of the molecule is CCCc1ccc(CCC)c(-c2c(CCC)ccc(CCC)c2O)c1O. The molecule has 2 aromatic carbocycles. The number of hydrogen-bond donors (Lipinski definition) is 2. The monoisotopic (exact) mass is 354 g/mol. The fraction of sp³-hybridized carbons (Fsp3) is 0.500. The summed E-state index contributed by atoms with van der Waals surface area (Å²) in [5, 5.41) is 22.2. The Morgan fingerprint density at radius 3 is 1.08 bits per heavy atom. The molecule has 0 unspecified atom stereocenters. The van der Waals surface area contributed by atoms with Gasteiger partial charge in [0.05, 0.1) is 0 Å². The minimum absolute atomic E-state index is 0.360. The van der Waals surface area contributed by atoms with Crippen molar-refractivity contribution in [3.63, 3.8) is 0 Å². The van der Waals surface area contributed by atoms with E-state index in [1.807, 2.05) is 0 Å². The van der Waals surface area contributed by atoms with E-state index in [4.69, 9.17) is 0 Å². The molecule has 0 amide bonds. The van der Waals surface area contributed by atoms with Gasteiger partial charge >= 0.3 is 0 Å². The standard InChI is InChI=1S/C24H34O2/c1-5-9-17-13-15-19(11-7-3)23(25)21(17)22-18(10-6-2)14-16-20(12-8-4)24(22)26/h13-16,25-26H,5-12H2,1-4H3. The van der Waals surface area contributed by atoms with Gasteiger partial charge in [0.15, 0.2) is 0 Å². The van der Waals surface area contributed by atoms with Crippen LogP contribution in [0.25, 0.3) is 11.1 Å². The maximum Gasteiger partial charge on any atom is 0.127 e. The second kappa shape index (κ2) is 9.66. The number of aryl methyl sites for hydroxylation is 4. The Hall–Kier alpha value is -1.96. The van der Waals surface area contributed by atoms with E-state index in [1.54, 1.807) is 0 Å². The molecule has 0 aliphatic rings. The molecule has 26 heavy (non-hydrogen) atoms. The Kier molecular flexibility index (Phi) is 7.56. The van der Waals surface area contributed by atoms with Crippen LogP contribution in [0.4, 0.5) is 0 Å². The second-order valence-corrected chi connectivity index (χ2v) is 7.21. The quantitative estimate of drug-likeness (QED) is 0.534. The number of rotatable bonds is 9. The lowest BCUT2D eigenvalue weighted by Crippen LogP contribution is -2.00. The fourth-order valence-electron chi connectivity index (χ4n) is 3.81. The van der Waals surface area contributed by atoms with Crippen molar-refractivity contribution in [3.8, 4) is 22.6 Å². The highest BCUT2D eigenvalue weighted by Crippen LogP contribution is 2.44. The predicted molar refractivity (Wildman–Crippen MR) is 111 cm³/mol. The molecule has 2 rings (SSSR count). The molecule has 2 nitrogen and oxygen atoms in total. The Morgan fingerprint density at radius 1 is 0.500 bits per heavy atom. The molecule has 0 aliphatic carbocycles. The Bertz CT molecular complexity index is 668.